The smallest absolute Gasteiger partial charge is 0.255 e. The van der Waals surface area contributed by atoms with Gasteiger partial charge in [-0.25, -0.2) is 0 Å². The molecule has 2 amide bonds. The Morgan fingerprint density at radius 2 is 2.04 bits per heavy atom. The highest BCUT2D eigenvalue weighted by molar-refractivity contribution is 6.32. The first-order valence-electron chi connectivity index (χ1n) is 8.72. The van der Waals surface area contributed by atoms with Gasteiger partial charge in [-0.05, 0) is 43.2 Å². The zero-order valence-corrected chi connectivity index (χ0v) is 15.7. The van der Waals surface area contributed by atoms with Crippen molar-refractivity contribution in [2.75, 3.05) is 25.6 Å². The Labute approximate surface area is 162 Å². The molecule has 27 heavy (non-hydrogen) atoms. The van der Waals surface area contributed by atoms with Crippen molar-refractivity contribution < 1.29 is 19.1 Å². The van der Waals surface area contributed by atoms with Crippen molar-refractivity contribution in [3.8, 4) is 5.75 Å². The molecular formula is C20H21ClN2O4. The van der Waals surface area contributed by atoms with Crippen LogP contribution < -0.4 is 15.4 Å². The number of carbonyl (C=O) groups excluding carboxylic acids is 2. The van der Waals surface area contributed by atoms with E-state index in [9.17, 15) is 9.59 Å². The molecule has 1 aliphatic rings. The number of benzene rings is 2. The fourth-order valence-corrected chi connectivity index (χ4v) is 3.16. The van der Waals surface area contributed by atoms with Crippen molar-refractivity contribution in [3.05, 3.63) is 58.6 Å². The van der Waals surface area contributed by atoms with Crippen LogP contribution in [0.1, 0.15) is 33.6 Å². The maximum atomic E-state index is 12.5. The average Bonchev–Trinajstić information content (AvgIpc) is 3.20. The normalized spacial score (nSPS) is 16.0. The number of ether oxygens (including phenoxy) is 2. The van der Waals surface area contributed by atoms with E-state index in [-0.39, 0.29) is 17.9 Å². The third-order valence-electron chi connectivity index (χ3n) is 4.35. The highest BCUT2D eigenvalue weighted by Crippen LogP contribution is 2.25. The third-order valence-corrected chi connectivity index (χ3v) is 4.64. The standard InChI is InChI=1S/C20H21ClN2O4/c1-26-18-9-8-13(11-16(18)21)19(24)23-17-7-3-2-6-15(17)20(25)22-12-14-5-4-10-27-14/h2-3,6-9,11,14H,4-5,10,12H2,1H3,(H,22,25)(H,23,24)/t14-/m0/s1. The van der Waals surface area contributed by atoms with E-state index >= 15 is 0 Å². The molecule has 1 atom stereocenters. The monoisotopic (exact) mass is 388 g/mol. The first-order chi connectivity index (χ1) is 13.1. The second kappa shape index (κ2) is 8.88. The lowest BCUT2D eigenvalue weighted by molar-refractivity contribution is 0.0858. The molecule has 2 aromatic carbocycles. The number of para-hydroxylation sites is 1. The van der Waals surface area contributed by atoms with Crippen molar-refractivity contribution >= 4 is 29.1 Å². The molecule has 0 saturated carbocycles. The summed E-state index contributed by atoms with van der Waals surface area (Å²) in [5.41, 5.74) is 1.19. The summed E-state index contributed by atoms with van der Waals surface area (Å²) < 4.78 is 10.6. The number of methoxy groups -OCH3 is 1. The van der Waals surface area contributed by atoms with E-state index < -0.39 is 0 Å². The van der Waals surface area contributed by atoms with Gasteiger partial charge in [0.05, 0.1) is 29.5 Å². The quantitative estimate of drug-likeness (QED) is 0.793. The first-order valence-corrected chi connectivity index (χ1v) is 9.10. The Hall–Kier alpha value is -2.57. The zero-order valence-electron chi connectivity index (χ0n) is 15.0. The van der Waals surface area contributed by atoms with Gasteiger partial charge in [-0.2, -0.15) is 0 Å². The van der Waals surface area contributed by atoms with Crippen LogP contribution >= 0.6 is 11.6 Å². The van der Waals surface area contributed by atoms with Gasteiger partial charge in [0.15, 0.2) is 0 Å². The van der Waals surface area contributed by atoms with Crippen LogP contribution in [-0.4, -0.2) is 38.2 Å². The number of amides is 2. The van der Waals surface area contributed by atoms with E-state index in [2.05, 4.69) is 10.6 Å². The molecule has 7 heteroatoms. The van der Waals surface area contributed by atoms with E-state index in [0.717, 1.165) is 19.4 Å². The van der Waals surface area contributed by atoms with Gasteiger partial charge in [-0.3, -0.25) is 9.59 Å². The van der Waals surface area contributed by atoms with Crippen molar-refractivity contribution in [1.82, 2.24) is 5.32 Å². The summed E-state index contributed by atoms with van der Waals surface area (Å²) in [5.74, 6) is -0.129. The third kappa shape index (κ3) is 4.78. The maximum Gasteiger partial charge on any atom is 0.255 e. The molecule has 0 spiro atoms. The van der Waals surface area contributed by atoms with Gasteiger partial charge in [0.25, 0.3) is 11.8 Å². The van der Waals surface area contributed by atoms with Crippen LogP contribution in [0.25, 0.3) is 0 Å². The largest absolute Gasteiger partial charge is 0.495 e. The number of carbonyl (C=O) groups is 2. The molecule has 0 unspecified atom stereocenters. The van der Waals surface area contributed by atoms with Crippen LogP contribution in [0.3, 0.4) is 0 Å². The fraction of sp³-hybridized carbons (Fsp3) is 0.300. The Morgan fingerprint density at radius 3 is 2.74 bits per heavy atom. The molecule has 0 radical (unpaired) electrons. The van der Waals surface area contributed by atoms with Gasteiger partial charge in [-0.15, -0.1) is 0 Å². The summed E-state index contributed by atoms with van der Waals surface area (Å²) in [6.45, 7) is 1.19. The van der Waals surface area contributed by atoms with E-state index in [1.165, 1.54) is 13.2 Å². The lowest BCUT2D eigenvalue weighted by Crippen LogP contribution is -2.32. The predicted molar refractivity (Wildman–Crippen MR) is 104 cm³/mol. The number of halogens is 1. The number of nitrogens with one attached hydrogen (secondary N) is 2. The van der Waals surface area contributed by atoms with E-state index in [1.807, 2.05) is 0 Å². The number of hydrogen-bond donors (Lipinski definition) is 2. The van der Waals surface area contributed by atoms with Crippen LogP contribution in [0.4, 0.5) is 5.69 Å². The minimum absolute atomic E-state index is 0.0529. The number of anilines is 1. The summed E-state index contributed by atoms with van der Waals surface area (Å²) in [7, 11) is 1.51. The molecule has 0 aliphatic carbocycles. The van der Waals surface area contributed by atoms with Gasteiger partial charge in [0.1, 0.15) is 5.75 Å². The molecule has 6 nitrogen and oxygen atoms in total. The maximum absolute atomic E-state index is 12.5. The Kier molecular flexibility index (Phi) is 6.32. The minimum Gasteiger partial charge on any atom is -0.495 e. The van der Waals surface area contributed by atoms with E-state index in [0.29, 0.717) is 34.1 Å². The van der Waals surface area contributed by atoms with Gasteiger partial charge >= 0.3 is 0 Å². The molecule has 1 aliphatic heterocycles. The SMILES string of the molecule is COc1ccc(C(=O)Nc2ccccc2C(=O)NC[C@@H]2CCCO2)cc1Cl. The van der Waals surface area contributed by atoms with Gasteiger partial charge in [0.2, 0.25) is 0 Å². The lowest BCUT2D eigenvalue weighted by Gasteiger charge is -2.14. The van der Waals surface area contributed by atoms with Crippen LogP contribution in [0.15, 0.2) is 42.5 Å². The Morgan fingerprint density at radius 1 is 1.22 bits per heavy atom. The zero-order chi connectivity index (χ0) is 19.2. The molecule has 142 valence electrons. The predicted octanol–water partition coefficient (Wildman–Crippen LogP) is 3.51. The lowest BCUT2D eigenvalue weighted by atomic mass is 10.1. The van der Waals surface area contributed by atoms with Crippen LogP contribution in [0.5, 0.6) is 5.75 Å². The second-order valence-corrected chi connectivity index (χ2v) is 6.60. The number of rotatable bonds is 6. The van der Waals surface area contributed by atoms with Crippen LogP contribution in [-0.2, 0) is 4.74 Å². The number of hydrogen-bond acceptors (Lipinski definition) is 4. The highest BCUT2D eigenvalue weighted by Gasteiger charge is 2.19. The van der Waals surface area contributed by atoms with Crippen LogP contribution in [0, 0.1) is 0 Å². The summed E-state index contributed by atoms with van der Waals surface area (Å²) in [6.07, 6.45) is 2.01. The van der Waals surface area contributed by atoms with E-state index in [1.54, 1.807) is 36.4 Å². The van der Waals surface area contributed by atoms with Gasteiger partial charge in [0, 0.05) is 18.7 Å². The van der Waals surface area contributed by atoms with Gasteiger partial charge < -0.3 is 20.1 Å². The summed E-state index contributed by atoms with van der Waals surface area (Å²) in [4.78, 5) is 25.1. The molecule has 1 fully saturated rings. The fourth-order valence-electron chi connectivity index (χ4n) is 2.90. The summed E-state index contributed by atoms with van der Waals surface area (Å²) in [6, 6.07) is 11.6. The molecule has 0 bridgehead atoms. The molecule has 2 N–H and O–H groups in total. The highest BCUT2D eigenvalue weighted by atomic mass is 35.5. The van der Waals surface area contributed by atoms with Gasteiger partial charge in [-0.1, -0.05) is 23.7 Å². The van der Waals surface area contributed by atoms with Crippen molar-refractivity contribution in [2.45, 2.75) is 18.9 Å². The van der Waals surface area contributed by atoms with Crippen molar-refractivity contribution in [2.24, 2.45) is 0 Å². The van der Waals surface area contributed by atoms with Crippen LogP contribution in [0.2, 0.25) is 5.02 Å². The first kappa shape index (κ1) is 19.2. The Bertz CT molecular complexity index is 834. The molecule has 0 aromatic heterocycles. The molecule has 2 aromatic rings. The minimum atomic E-state index is -0.362. The topological polar surface area (TPSA) is 76.7 Å². The van der Waals surface area contributed by atoms with E-state index in [4.69, 9.17) is 21.1 Å². The molecule has 1 heterocycles. The summed E-state index contributed by atoms with van der Waals surface area (Å²) in [5, 5.41) is 5.98. The average molecular weight is 389 g/mol. The Balaban J connectivity index is 1.70. The summed E-state index contributed by atoms with van der Waals surface area (Å²) >= 11 is 6.08. The van der Waals surface area contributed by atoms with Crippen molar-refractivity contribution in [3.63, 3.8) is 0 Å². The molecule has 3 rings (SSSR count). The molecule has 1 saturated heterocycles. The molecular weight excluding hydrogens is 368 g/mol. The second-order valence-electron chi connectivity index (χ2n) is 6.19. The van der Waals surface area contributed by atoms with Crippen molar-refractivity contribution in [1.29, 1.82) is 0 Å².